The molecule has 0 aliphatic heterocycles. The van der Waals surface area contributed by atoms with Gasteiger partial charge in [0.2, 0.25) is 0 Å². The summed E-state index contributed by atoms with van der Waals surface area (Å²) in [6.45, 7) is 14.7. The molecule has 43 heavy (non-hydrogen) atoms. The van der Waals surface area contributed by atoms with Crippen LogP contribution in [0.25, 0.3) is 0 Å². The summed E-state index contributed by atoms with van der Waals surface area (Å²) in [4.78, 5) is 26.5. The highest BCUT2D eigenvalue weighted by molar-refractivity contribution is 5.91. The molecule has 1 aromatic rings. The van der Waals surface area contributed by atoms with Gasteiger partial charge in [-0.15, -0.1) is 0 Å². The average molecular weight is 593 g/mol. The van der Waals surface area contributed by atoms with Crippen LogP contribution in [-0.2, 0) is 14.3 Å². The van der Waals surface area contributed by atoms with E-state index in [1.54, 1.807) is 12.1 Å². The summed E-state index contributed by atoms with van der Waals surface area (Å²) >= 11 is 0. The molecule has 4 fully saturated rings. The van der Waals surface area contributed by atoms with Crippen molar-refractivity contribution in [1.29, 1.82) is 0 Å². The van der Waals surface area contributed by atoms with Crippen molar-refractivity contribution in [2.75, 3.05) is 0 Å². The molecule has 0 unspecified atom stereocenters. The van der Waals surface area contributed by atoms with Crippen LogP contribution >= 0.6 is 0 Å². The number of allylic oxidation sites excluding steroid dienone is 2. The lowest BCUT2D eigenvalue weighted by Gasteiger charge is -2.69. The van der Waals surface area contributed by atoms with E-state index in [2.05, 4.69) is 33.8 Å². The van der Waals surface area contributed by atoms with Crippen LogP contribution in [0.5, 0.6) is 5.75 Å². The average Bonchev–Trinajstić information content (AvgIpc) is 3.20. The predicted octanol–water partition coefficient (Wildman–Crippen LogP) is 7.19. The normalized spacial score (nSPS) is 41.3. The van der Waals surface area contributed by atoms with Gasteiger partial charge < -0.3 is 19.7 Å². The van der Waals surface area contributed by atoms with E-state index in [0.29, 0.717) is 42.9 Å². The summed E-state index contributed by atoms with van der Waals surface area (Å²) in [7, 11) is 0. The standard InChI is InChI=1S/C37H52O6/c1-22(2)12-11-15-26(34(41)43-25-13-9-8-10-14-25)32-28-20-30(40)33-35(5)18-17-29(39)23(3)27(35)16-19-36(33,6)37(28,7)21-31(32)42-24(4)38/h8-10,12-14,23,27-31,33,39-40H,11,15-21H2,1-7H3/b32-26-/t23-,27-,28-,29+,30+,31-,33-,35-,36-,37-/m0/s1. The molecule has 4 aliphatic carbocycles. The smallest absolute Gasteiger partial charge is 0.339 e. The second-order valence-electron chi connectivity index (χ2n) is 15.0. The largest absolute Gasteiger partial charge is 0.458 e. The van der Waals surface area contributed by atoms with Crippen molar-refractivity contribution in [3.63, 3.8) is 0 Å². The molecule has 4 aliphatic rings. The highest BCUT2D eigenvalue weighted by atomic mass is 16.5. The van der Waals surface area contributed by atoms with Gasteiger partial charge in [-0.1, -0.05) is 57.5 Å². The monoisotopic (exact) mass is 592 g/mol. The maximum Gasteiger partial charge on any atom is 0.339 e. The summed E-state index contributed by atoms with van der Waals surface area (Å²) in [6.07, 6.45) is 6.60. The molecule has 4 saturated carbocycles. The molecule has 0 bridgehead atoms. The van der Waals surface area contributed by atoms with Crippen molar-refractivity contribution in [2.45, 2.75) is 118 Å². The molecule has 5 rings (SSSR count). The van der Waals surface area contributed by atoms with Crippen LogP contribution in [0, 0.1) is 39.9 Å². The maximum absolute atomic E-state index is 14.0. The van der Waals surface area contributed by atoms with Crippen LogP contribution < -0.4 is 4.74 Å². The second-order valence-corrected chi connectivity index (χ2v) is 15.0. The van der Waals surface area contributed by atoms with Crippen molar-refractivity contribution in [2.24, 2.45) is 39.9 Å². The number of carbonyl (C=O) groups is 2. The quantitative estimate of drug-likeness (QED) is 0.157. The Bertz CT molecular complexity index is 1280. The second kappa shape index (κ2) is 11.8. The number of hydrogen-bond donors (Lipinski definition) is 2. The molecule has 0 saturated heterocycles. The van der Waals surface area contributed by atoms with E-state index in [0.717, 1.165) is 31.3 Å². The van der Waals surface area contributed by atoms with Crippen molar-refractivity contribution in [1.82, 2.24) is 0 Å². The van der Waals surface area contributed by atoms with E-state index in [9.17, 15) is 19.8 Å². The van der Waals surface area contributed by atoms with Crippen molar-refractivity contribution >= 4 is 11.9 Å². The number of ether oxygens (including phenoxy) is 2. The first-order chi connectivity index (χ1) is 20.2. The van der Waals surface area contributed by atoms with Gasteiger partial charge in [0.05, 0.1) is 12.2 Å². The van der Waals surface area contributed by atoms with Gasteiger partial charge in [-0.3, -0.25) is 4.79 Å². The van der Waals surface area contributed by atoms with Gasteiger partial charge in [0.25, 0.3) is 0 Å². The zero-order valence-corrected chi connectivity index (χ0v) is 27.2. The fourth-order valence-corrected chi connectivity index (χ4v) is 10.4. The summed E-state index contributed by atoms with van der Waals surface area (Å²) in [6, 6.07) is 9.11. The number of fused-ring (bicyclic) bond motifs is 5. The van der Waals surface area contributed by atoms with Crippen molar-refractivity contribution in [3.8, 4) is 5.75 Å². The van der Waals surface area contributed by atoms with Gasteiger partial charge in [-0.05, 0) is 123 Å². The van der Waals surface area contributed by atoms with Crippen molar-refractivity contribution in [3.05, 3.63) is 53.1 Å². The van der Waals surface area contributed by atoms with Crippen LogP contribution in [-0.4, -0.2) is 40.5 Å². The van der Waals surface area contributed by atoms with Crippen LogP contribution in [0.2, 0.25) is 0 Å². The Morgan fingerprint density at radius 1 is 0.977 bits per heavy atom. The molecule has 0 spiro atoms. The molecule has 0 amide bonds. The highest BCUT2D eigenvalue weighted by Gasteiger charge is 2.70. The van der Waals surface area contributed by atoms with E-state index in [-0.39, 0.29) is 46.1 Å². The SMILES string of the molecule is CC(=O)O[C@H]1C[C@@]2(C)[C@@H](C[C@@H](O)[C@H]3[C@@]4(C)CC[C@@H](O)[C@@H](C)[C@@H]4CC[C@@]32C)/C1=C(\CCC=C(C)C)C(=O)Oc1ccccc1. The number of carbonyl (C=O) groups excluding carboxylic acids is 2. The van der Waals surface area contributed by atoms with Gasteiger partial charge in [-0.25, -0.2) is 4.79 Å². The van der Waals surface area contributed by atoms with Crippen LogP contribution in [0.15, 0.2) is 53.1 Å². The van der Waals surface area contributed by atoms with Crippen LogP contribution in [0.4, 0.5) is 0 Å². The van der Waals surface area contributed by atoms with Gasteiger partial charge in [0.15, 0.2) is 0 Å². The minimum atomic E-state index is -0.562. The number of esters is 2. The molecule has 0 aromatic heterocycles. The lowest BCUT2D eigenvalue weighted by Crippen LogP contribution is -2.65. The fourth-order valence-electron chi connectivity index (χ4n) is 10.4. The Morgan fingerprint density at radius 2 is 1.67 bits per heavy atom. The van der Waals surface area contributed by atoms with E-state index >= 15 is 0 Å². The Balaban J connectivity index is 1.62. The number of hydrogen-bond acceptors (Lipinski definition) is 6. The van der Waals surface area contributed by atoms with Gasteiger partial charge in [-0.2, -0.15) is 0 Å². The molecular formula is C37H52O6. The third-order valence-electron chi connectivity index (χ3n) is 12.5. The fraction of sp³-hybridized carbons (Fsp3) is 0.676. The zero-order valence-electron chi connectivity index (χ0n) is 27.2. The molecule has 0 heterocycles. The van der Waals surface area contributed by atoms with Crippen LogP contribution in [0.1, 0.15) is 99.8 Å². The summed E-state index contributed by atoms with van der Waals surface area (Å²) in [5.74, 6) is 0.194. The Kier molecular flexibility index (Phi) is 8.78. The lowest BCUT2D eigenvalue weighted by molar-refractivity contribution is -0.234. The van der Waals surface area contributed by atoms with E-state index < -0.39 is 18.2 Å². The number of benzene rings is 1. The topological polar surface area (TPSA) is 93.1 Å². The lowest BCUT2D eigenvalue weighted by atomic mass is 9.36. The molecule has 6 nitrogen and oxygen atoms in total. The summed E-state index contributed by atoms with van der Waals surface area (Å²) in [5, 5.41) is 22.9. The first kappa shape index (κ1) is 32.0. The molecule has 0 radical (unpaired) electrons. The summed E-state index contributed by atoms with van der Waals surface area (Å²) in [5.41, 5.74) is 1.96. The molecular weight excluding hydrogens is 540 g/mol. The Morgan fingerprint density at radius 3 is 2.33 bits per heavy atom. The van der Waals surface area contributed by atoms with Gasteiger partial charge in [0, 0.05) is 12.5 Å². The predicted molar refractivity (Wildman–Crippen MR) is 167 cm³/mol. The number of aliphatic hydroxyl groups excluding tert-OH is 2. The molecule has 236 valence electrons. The van der Waals surface area contributed by atoms with Gasteiger partial charge in [0.1, 0.15) is 11.9 Å². The maximum atomic E-state index is 14.0. The number of aliphatic hydroxyl groups is 2. The van der Waals surface area contributed by atoms with Crippen molar-refractivity contribution < 1.29 is 29.3 Å². The Hall–Kier alpha value is -2.44. The number of rotatable bonds is 6. The minimum Gasteiger partial charge on any atom is -0.458 e. The molecule has 10 atom stereocenters. The highest BCUT2D eigenvalue weighted by Crippen LogP contribution is 2.74. The van der Waals surface area contributed by atoms with E-state index in [4.69, 9.17) is 9.47 Å². The van der Waals surface area contributed by atoms with E-state index in [1.807, 2.05) is 32.0 Å². The molecule has 1 aromatic carbocycles. The molecule has 2 N–H and O–H groups in total. The first-order valence-corrected chi connectivity index (χ1v) is 16.4. The first-order valence-electron chi connectivity index (χ1n) is 16.4. The minimum absolute atomic E-state index is 0.0534. The number of para-hydroxylation sites is 1. The summed E-state index contributed by atoms with van der Waals surface area (Å²) < 4.78 is 12.0. The Labute approximate surface area is 257 Å². The zero-order chi connectivity index (χ0) is 31.3. The third-order valence-corrected chi connectivity index (χ3v) is 12.5. The van der Waals surface area contributed by atoms with Crippen LogP contribution in [0.3, 0.4) is 0 Å². The molecule has 6 heteroatoms. The van der Waals surface area contributed by atoms with E-state index in [1.165, 1.54) is 12.5 Å². The third kappa shape index (κ3) is 5.41. The van der Waals surface area contributed by atoms with Gasteiger partial charge >= 0.3 is 11.9 Å².